The fourth-order valence-corrected chi connectivity index (χ4v) is 2.74. The third-order valence-corrected chi connectivity index (χ3v) is 4.78. The predicted octanol–water partition coefficient (Wildman–Crippen LogP) is 2.47. The Labute approximate surface area is 149 Å². The summed E-state index contributed by atoms with van der Waals surface area (Å²) < 4.78 is 67.0. The van der Waals surface area contributed by atoms with Crippen molar-refractivity contribution in [3.8, 4) is 0 Å². The lowest BCUT2D eigenvalue weighted by Gasteiger charge is -2.22. The molecule has 0 N–H and O–H groups in total. The van der Waals surface area contributed by atoms with E-state index in [-0.39, 0.29) is 17.2 Å². The second kappa shape index (κ2) is 8.09. The number of benzene rings is 1. The SMILES string of the molecule is O=C(OCC(F)(F)S(=O)(=O)[O-])c1ccccc1C(=O)OC1CCCCC1. The van der Waals surface area contributed by atoms with Gasteiger partial charge in [0.1, 0.15) is 6.10 Å². The highest BCUT2D eigenvalue weighted by atomic mass is 32.2. The number of hydrogen-bond acceptors (Lipinski definition) is 7. The molecule has 0 radical (unpaired) electrons. The number of ether oxygens (including phenoxy) is 2. The largest absolute Gasteiger partial charge is 0.743 e. The lowest BCUT2D eigenvalue weighted by molar-refractivity contribution is -0.0103. The van der Waals surface area contributed by atoms with Gasteiger partial charge < -0.3 is 14.0 Å². The molecule has 10 heteroatoms. The minimum atomic E-state index is -5.98. The number of esters is 2. The summed E-state index contributed by atoms with van der Waals surface area (Å²) in [5.74, 6) is -2.16. The molecule has 1 aliphatic rings. The molecule has 0 aliphatic heterocycles. The normalized spacial score (nSPS) is 16.1. The maximum absolute atomic E-state index is 13.1. The third kappa shape index (κ3) is 4.98. The molecule has 0 atom stereocenters. The van der Waals surface area contributed by atoms with Gasteiger partial charge in [0.15, 0.2) is 16.7 Å². The van der Waals surface area contributed by atoms with Crippen molar-refractivity contribution in [3.05, 3.63) is 35.4 Å². The van der Waals surface area contributed by atoms with Crippen LogP contribution in [0.25, 0.3) is 0 Å². The minimum Gasteiger partial charge on any atom is -0.743 e. The van der Waals surface area contributed by atoms with E-state index < -0.39 is 33.9 Å². The smallest absolute Gasteiger partial charge is 0.367 e. The van der Waals surface area contributed by atoms with Crippen molar-refractivity contribution in [2.75, 3.05) is 6.61 Å². The molecule has 0 spiro atoms. The van der Waals surface area contributed by atoms with Gasteiger partial charge in [-0.2, -0.15) is 8.78 Å². The zero-order valence-electron chi connectivity index (χ0n) is 13.7. The summed E-state index contributed by atoms with van der Waals surface area (Å²) in [5, 5.41) is -4.76. The number of halogens is 2. The molecule has 1 aromatic rings. The zero-order valence-corrected chi connectivity index (χ0v) is 14.5. The Hall–Kier alpha value is -2.07. The quantitative estimate of drug-likeness (QED) is 0.541. The second-order valence-electron chi connectivity index (χ2n) is 5.88. The van der Waals surface area contributed by atoms with Gasteiger partial charge in [-0.1, -0.05) is 18.6 Å². The Morgan fingerprint density at radius 1 is 1.08 bits per heavy atom. The first-order chi connectivity index (χ1) is 12.1. The van der Waals surface area contributed by atoms with Crippen LogP contribution in [0, 0.1) is 0 Å². The summed E-state index contributed by atoms with van der Waals surface area (Å²) >= 11 is 0. The molecule has 1 fully saturated rings. The Morgan fingerprint density at radius 3 is 2.15 bits per heavy atom. The van der Waals surface area contributed by atoms with Gasteiger partial charge in [0, 0.05) is 0 Å². The van der Waals surface area contributed by atoms with Crippen molar-refractivity contribution in [1.29, 1.82) is 0 Å². The topological polar surface area (TPSA) is 110 Å². The van der Waals surface area contributed by atoms with Crippen LogP contribution < -0.4 is 0 Å². The van der Waals surface area contributed by atoms with E-state index in [4.69, 9.17) is 4.74 Å². The van der Waals surface area contributed by atoms with E-state index >= 15 is 0 Å². The van der Waals surface area contributed by atoms with E-state index in [9.17, 15) is 31.3 Å². The van der Waals surface area contributed by atoms with Gasteiger partial charge in [0.05, 0.1) is 11.1 Å². The standard InChI is InChI=1S/C16H18F2O7S/c17-16(18,26(21,22)23)10-24-14(19)12-8-4-5-9-13(12)15(20)25-11-6-2-1-3-7-11/h4-5,8-9,11H,1-3,6-7,10H2,(H,21,22,23)/p-1. The maximum atomic E-state index is 13.1. The summed E-state index contributed by atoms with van der Waals surface area (Å²) in [4.78, 5) is 24.3. The highest BCUT2D eigenvalue weighted by molar-refractivity contribution is 7.86. The van der Waals surface area contributed by atoms with Crippen LogP contribution in [0.4, 0.5) is 8.78 Å². The third-order valence-electron chi connectivity index (χ3n) is 3.93. The molecule has 0 unspecified atom stereocenters. The number of hydrogen-bond donors (Lipinski definition) is 0. The summed E-state index contributed by atoms with van der Waals surface area (Å²) in [5.41, 5.74) is -0.538. The van der Waals surface area contributed by atoms with Crippen LogP contribution in [0.3, 0.4) is 0 Å². The highest BCUT2D eigenvalue weighted by Gasteiger charge is 2.39. The van der Waals surface area contributed by atoms with Crippen LogP contribution in [0.2, 0.25) is 0 Å². The second-order valence-corrected chi connectivity index (χ2v) is 7.38. The van der Waals surface area contributed by atoms with Crippen LogP contribution in [-0.2, 0) is 19.6 Å². The molecule has 1 aromatic carbocycles. The van der Waals surface area contributed by atoms with Gasteiger partial charge >= 0.3 is 17.2 Å². The average molecular weight is 391 g/mol. The van der Waals surface area contributed by atoms with Gasteiger partial charge in [-0.3, -0.25) is 0 Å². The van der Waals surface area contributed by atoms with Gasteiger partial charge in [-0.15, -0.1) is 0 Å². The summed E-state index contributed by atoms with van der Waals surface area (Å²) in [6.07, 6.45) is 4.00. The van der Waals surface area contributed by atoms with E-state index in [0.717, 1.165) is 25.3 Å². The first-order valence-corrected chi connectivity index (χ1v) is 9.33. The van der Waals surface area contributed by atoms with E-state index in [0.29, 0.717) is 12.8 Å². The summed E-state index contributed by atoms with van der Waals surface area (Å²) in [6, 6.07) is 5.25. The zero-order chi connectivity index (χ0) is 19.4. The molecule has 26 heavy (non-hydrogen) atoms. The lowest BCUT2D eigenvalue weighted by Crippen LogP contribution is -2.35. The van der Waals surface area contributed by atoms with Crippen molar-refractivity contribution in [1.82, 2.24) is 0 Å². The number of carbonyl (C=O) groups is 2. The summed E-state index contributed by atoms with van der Waals surface area (Å²) in [6.45, 7) is -1.94. The lowest BCUT2D eigenvalue weighted by atomic mass is 9.97. The molecule has 1 saturated carbocycles. The van der Waals surface area contributed by atoms with Crippen LogP contribution in [0.5, 0.6) is 0 Å². The maximum Gasteiger partial charge on any atom is 0.367 e. The fourth-order valence-electron chi connectivity index (χ4n) is 2.54. The molecular weight excluding hydrogens is 374 g/mol. The first kappa shape index (κ1) is 20.2. The first-order valence-electron chi connectivity index (χ1n) is 7.92. The van der Waals surface area contributed by atoms with Gasteiger partial charge in [0.2, 0.25) is 0 Å². The average Bonchev–Trinajstić information content (AvgIpc) is 2.59. The van der Waals surface area contributed by atoms with Crippen LogP contribution in [0.1, 0.15) is 52.8 Å². The van der Waals surface area contributed by atoms with Crippen molar-refractivity contribution >= 4 is 22.1 Å². The van der Waals surface area contributed by atoms with E-state index in [2.05, 4.69) is 4.74 Å². The molecule has 0 bridgehead atoms. The molecule has 0 amide bonds. The van der Waals surface area contributed by atoms with Crippen LogP contribution in [0.15, 0.2) is 24.3 Å². The van der Waals surface area contributed by atoms with Crippen LogP contribution >= 0.6 is 0 Å². The van der Waals surface area contributed by atoms with Gasteiger partial charge in [0.25, 0.3) is 0 Å². The monoisotopic (exact) mass is 391 g/mol. The molecular formula is C16H17F2O7S-. The number of carbonyl (C=O) groups excluding carboxylic acids is 2. The highest BCUT2D eigenvalue weighted by Crippen LogP contribution is 2.24. The minimum absolute atomic E-state index is 0.184. The van der Waals surface area contributed by atoms with Crippen molar-refractivity contribution in [2.45, 2.75) is 43.5 Å². The Balaban J connectivity index is 2.09. The van der Waals surface area contributed by atoms with Gasteiger partial charge in [-0.05, 0) is 37.8 Å². The van der Waals surface area contributed by atoms with Crippen LogP contribution in [-0.4, -0.2) is 42.9 Å². The predicted molar refractivity (Wildman–Crippen MR) is 83.7 cm³/mol. The van der Waals surface area contributed by atoms with Gasteiger partial charge in [-0.25, -0.2) is 18.0 Å². The van der Waals surface area contributed by atoms with Crippen molar-refractivity contribution in [3.63, 3.8) is 0 Å². The molecule has 1 aliphatic carbocycles. The number of rotatable bonds is 6. The molecule has 0 aromatic heterocycles. The molecule has 7 nitrogen and oxygen atoms in total. The van der Waals surface area contributed by atoms with E-state index in [1.54, 1.807) is 0 Å². The molecule has 144 valence electrons. The fraction of sp³-hybridized carbons (Fsp3) is 0.500. The van der Waals surface area contributed by atoms with Crippen molar-refractivity contribution < 1.29 is 40.8 Å². The molecule has 0 heterocycles. The Kier molecular flexibility index (Phi) is 6.30. The van der Waals surface area contributed by atoms with E-state index in [1.807, 2.05) is 0 Å². The summed E-state index contributed by atoms with van der Waals surface area (Å²) in [7, 11) is -5.98. The van der Waals surface area contributed by atoms with Crippen molar-refractivity contribution in [2.24, 2.45) is 0 Å². The molecule has 0 saturated heterocycles. The van der Waals surface area contributed by atoms with E-state index in [1.165, 1.54) is 18.2 Å². The Bertz CT molecular complexity index is 771. The molecule has 2 rings (SSSR count). The number of alkyl halides is 2. The Morgan fingerprint density at radius 2 is 1.62 bits per heavy atom.